The molecule has 9 nitrogen and oxygen atoms in total. The quantitative estimate of drug-likeness (QED) is 0.436. The molecule has 2 aromatic heterocycles. The summed E-state index contributed by atoms with van der Waals surface area (Å²) in [6, 6.07) is 15.0. The van der Waals surface area contributed by atoms with Crippen molar-refractivity contribution in [1.29, 1.82) is 0 Å². The van der Waals surface area contributed by atoms with Gasteiger partial charge in [0.2, 0.25) is 5.91 Å². The Bertz CT molecular complexity index is 1480. The summed E-state index contributed by atoms with van der Waals surface area (Å²) in [4.78, 5) is 43.5. The predicted octanol–water partition coefficient (Wildman–Crippen LogP) is 2.92. The highest BCUT2D eigenvalue weighted by atomic mass is 35.5. The van der Waals surface area contributed by atoms with Crippen molar-refractivity contribution < 1.29 is 14.3 Å². The molecule has 1 N–H and O–H groups in total. The molecule has 2 heterocycles. The number of hydrogen-bond donors (Lipinski definition) is 1. The first-order valence-corrected chi connectivity index (χ1v) is 10.6. The summed E-state index contributed by atoms with van der Waals surface area (Å²) in [6.07, 6.45) is 1.46. The molecule has 174 valence electrons. The van der Waals surface area contributed by atoms with E-state index in [1.165, 1.54) is 17.9 Å². The van der Waals surface area contributed by atoms with E-state index in [9.17, 15) is 14.4 Å². The molecule has 34 heavy (non-hydrogen) atoms. The highest BCUT2D eigenvalue weighted by molar-refractivity contribution is 6.31. The molecule has 0 unspecified atom stereocenters. The molecular weight excluding hydrogens is 460 g/mol. The van der Waals surface area contributed by atoms with E-state index in [-0.39, 0.29) is 24.1 Å². The van der Waals surface area contributed by atoms with Crippen LogP contribution >= 0.6 is 11.6 Å². The molecular formula is C24H21ClN4O5. The van der Waals surface area contributed by atoms with Gasteiger partial charge >= 0.3 is 5.69 Å². The molecule has 0 radical (unpaired) electrons. The van der Waals surface area contributed by atoms with Gasteiger partial charge in [0.05, 0.1) is 31.8 Å². The summed E-state index contributed by atoms with van der Waals surface area (Å²) in [7, 11) is 3.02. The Hall–Kier alpha value is -4.11. The van der Waals surface area contributed by atoms with Crippen molar-refractivity contribution in [3.8, 4) is 11.5 Å². The van der Waals surface area contributed by atoms with Gasteiger partial charge in [0.25, 0.3) is 5.56 Å². The molecule has 0 aliphatic carbocycles. The van der Waals surface area contributed by atoms with Crippen LogP contribution in [0.5, 0.6) is 11.5 Å². The van der Waals surface area contributed by atoms with Crippen LogP contribution in [0.4, 0.5) is 5.69 Å². The van der Waals surface area contributed by atoms with E-state index in [2.05, 4.69) is 10.3 Å². The van der Waals surface area contributed by atoms with E-state index in [0.717, 1.165) is 10.1 Å². The maximum Gasteiger partial charge on any atom is 0.333 e. The Morgan fingerprint density at radius 1 is 1.03 bits per heavy atom. The number of nitrogens with one attached hydrogen (secondary N) is 1. The zero-order valence-corrected chi connectivity index (χ0v) is 19.2. The molecule has 0 saturated carbocycles. The van der Waals surface area contributed by atoms with Gasteiger partial charge in [-0.25, -0.2) is 9.78 Å². The molecule has 0 bridgehead atoms. The maximum absolute atomic E-state index is 13.3. The molecule has 0 saturated heterocycles. The third-order valence-electron chi connectivity index (χ3n) is 5.22. The summed E-state index contributed by atoms with van der Waals surface area (Å²) in [5.74, 6) is 0.561. The van der Waals surface area contributed by atoms with Crippen LogP contribution in [0.15, 0.2) is 70.4 Å². The number of halogens is 1. The number of amides is 1. The number of carbonyl (C=O) groups excluding carboxylic acids is 1. The SMILES string of the molecule is COc1ccc(Cn2c(=O)c3cccnc3n(CC(=O)Nc3cc(Cl)ccc3OC)c2=O)cc1. The van der Waals surface area contributed by atoms with Crippen LogP contribution < -0.4 is 26.0 Å². The Labute approximate surface area is 199 Å². The number of ether oxygens (including phenoxy) is 2. The Kier molecular flexibility index (Phi) is 6.65. The minimum absolute atomic E-state index is 0.0240. The van der Waals surface area contributed by atoms with Crippen LogP contribution in [0, 0.1) is 0 Å². The molecule has 1 amide bonds. The Morgan fingerprint density at radius 3 is 2.50 bits per heavy atom. The van der Waals surface area contributed by atoms with Gasteiger partial charge in [0.1, 0.15) is 23.7 Å². The zero-order valence-electron chi connectivity index (χ0n) is 18.4. The average Bonchev–Trinajstić information content (AvgIpc) is 2.85. The predicted molar refractivity (Wildman–Crippen MR) is 129 cm³/mol. The van der Waals surface area contributed by atoms with Crippen LogP contribution in [0.25, 0.3) is 11.0 Å². The van der Waals surface area contributed by atoms with E-state index in [4.69, 9.17) is 21.1 Å². The van der Waals surface area contributed by atoms with Gasteiger partial charge in [0, 0.05) is 11.2 Å². The highest BCUT2D eigenvalue weighted by Gasteiger charge is 2.17. The van der Waals surface area contributed by atoms with Gasteiger partial charge in [-0.1, -0.05) is 23.7 Å². The third-order valence-corrected chi connectivity index (χ3v) is 5.45. The van der Waals surface area contributed by atoms with Crippen LogP contribution in [-0.2, 0) is 17.9 Å². The van der Waals surface area contributed by atoms with Crippen molar-refractivity contribution in [3.05, 3.63) is 92.2 Å². The lowest BCUT2D eigenvalue weighted by Crippen LogP contribution is -2.42. The van der Waals surface area contributed by atoms with E-state index in [1.54, 1.807) is 61.7 Å². The lowest BCUT2D eigenvalue weighted by atomic mass is 10.2. The average molecular weight is 481 g/mol. The van der Waals surface area contributed by atoms with Gasteiger partial charge in [-0.2, -0.15) is 0 Å². The fraction of sp³-hybridized carbons (Fsp3) is 0.167. The third kappa shape index (κ3) is 4.65. The molecule has 4 rings (SSSR count). The summed E-state index contributed by atoms with van der Waals surface area (Å²) in [6.45, 7) is -0.346. The minimum atomic E-state index is -0.653. The second-order valence-electron chi connectivity index (χ2n) is 7.38. The number of benzene rings is 2. The zero-order chi connectivity index (χ0) is 24.2. The number of aromatic nitrogens is 3. The Morgan fingerprint density at radius 2 is 1.79 bits per heavy atom. The normalized spacial score (nSPS) is 10.8. The lowest BCUT2D eigenvalue weighted by molar-refractivity contribution is -0.116. The van der Waals surface area contributed by atoms with Crippen LogP contribution in [-0.4, -0.2) is 34.2 Å². The summed E-state index contributed by atoms with van der Waals surface area (Å²) in [5, 5.41) is 3.34. The van der Waals surface area contributed by atoms with Crippen molar-refractivity contribution in [2.75, 3.05) is 19.5 Å². The summed E-state index contributed by atoms with van der Waals surface area (Å²) >= 11 is 6.04. The van der Waals surface area contributed by atoms with E-state index in [0.29, 0.717) is 22.2 Å². The molecule has 0 fully saturated rings. The fourth-order valence-corrected chi connectivity index (χ4v) is 3.73. The number of nitrogens with zero attached hydrogens (tertiary/aromatic N) is 3. The van der Waals surface area contributed by atoms with Crippen molar-refractivity contribution in [2.45, 2.75) is 13.1 Å². The van der Waals surface area contributed by atoms with Crippen molar-refractivity contribution in [2.24, 2.45) is 0 Å². The number of rotatable bonds is 7. The second-order valence-corrected chi connectivity index (χ2v) is 7.81. The van der Waals surface area contributed by atoms with Gasteiger partial charge in [0.15, 0.2) is 0 Å². The van der Waals surface area contributed by atoms with Gasteiger partial charge in [-0.15, -0.1) is 0 Å². The van der Waals surface area contributed by atoms with Gasteiger partial charge < -0.3 is 14.8 Å². The van der Waals surface area contributed by atoms with Crippen molar-refractivity contribution in [3.63, 3.8) is 0 Å². The molecule has 10 heteroatoms. The first-order chi connectivity index (χ1) is 16.4. The number of methoxy groups -OCH3 is 2. The van der Waals surface area contributed by atoms with Crippen molar-refractivity contribution in [1.82, 2.24) is 14.1 Å². The first-order valence-electron chi connectivity index (χ1n) is 10.3. The van der Waals surface area contributed by atoms with E-state index in [1.807, 2.05) is 0 Å². The molecule has 0 atom stereocenters. The van der Waals surface area contributed by atoms with Gasteiger partial charge in [-0.05, 0) is 48.0 Å². The smallest absolute Gasteiger partial charge is 0.333 e. The monoisotopic (exact) mass is 480 g/mol. The second kappa shape index (κ2) is 9.80. The topological polar surface area (TPSA) is 104 Å². The van der Waals surface area contributed by atoms with Crippen LogP contribution in [0.3, 0.4) is 0 Å². The summed E-state index contributed by atoms with van der Waals surface area (Å²) in [5.41, 5.74) is 0.0637. The van der Waals surface area contributed by atoms with E-state index >= 15 is 0 Å². The Balaban J connectivity index is 1.73. The molecule has 0 spiro atoms. The molecule has 0 aliphatic heterocycles. The number of fused-ring (bicyclic) bond motifs is 1. The number of pyridine rings is 1. The van der Waals surface area contributed by atoms with Gasteiger partial charge in [-0.3, -0.25) is 18.7 Å². The molecule has 0 aliphatic rings. The summed E-state index contributed by atoms with van der Waals surface area (Å²) < 4.78 is 12.7. The largest absolute Gasteiger partial charge is 0.497 e. The number of hydrogen-bond acceptors (Lipinski definition) is 6. The van der Waals surface area contributed by atoms with Crippen LogP contribution in [0.2, 0.25) is 5.02 Å². The fourth-order valence-electron chi connectivity index (χ4n) is 3.55. The number of carbonyl (C=O) groups is 1. The molecule has 2 aromatic carbocycles. The first kappa shape index (κ1) is 23.1. The maximum atomic E-state index is 13.3. The highest BCUT2D eigenvalue weighted by Crippen LogP contribution is 2.27. The molecule has 4 aromatic rings. The number of anilines is 1. The van der Waals surface area contributed by atoms with Crippen molar-refractivity contribution >= 4 is 34.2 Å². The lowest BCUT2D eigenvalue weighted by Gasteiger charge is -2.15. The minimum Gasteiger partial charge on any atom is -0.497 e. The van der Waals surface area contributed by atoms with Crippen LogP contribution in [0.1, 0.15) is 5.56 Å². The standard InChI is InChI=1S/C24H21ClN4O5/c1-33-17-8-5-15(6-9-17)13-29-23(31)18-4-3-11-26-22(18)28(24(29)32)14-21(30)27-19-12-16(25)7-10-20(19)34-2/h3-12H,13-14H2,1-2H3,(H,27,30). The van der Waals surface area contributed by atoms with E-state index < -0.39 is 17.2 Å².